The van der Waals surface area contributed by atoms with E-state index in [0.29, 0.717) is 11.8 Å². The molecule has 3 nitrogen and oxygen atoms in total. The molecule has 5 rings (SSSR count). The topological polar surface area (TPSA) is 41.6 Å². The molecule has 3 aromatic heterocycles. The first-order valence-corrected chi connectivity index (χ1v) is 8.20. The Morgan fingerprint density at radius 1 is 0.792 bits per heavy atom. The molecule has 2 unspecified atom stereocenters. The number of nitrogens with zero attached hydrogens (tertiary/aromatic N) is 2. The molecule has 0 aromatic carbocycles. The Morgan fingerprint density at radius 3 is 1.71 bits per heavy atom. The Labute approximate surface area is 137 Å². The molecule has 2 bridgehead atoms. The number of hydrogen-bond donors (Lipinski definition) is 1. The monoisotopic (exact) mass is 323 g/mol. The van der Waals surface area contributed by atoms with E-state index in [1.807, 2.05) is 0 Å². The second-order valence-electron chi connectivity index (χ2n) is 6.65. The van der Waals surface area contributed by atoms with Crippen LogP contribution >= 0.6 is 0 Å². The van der Waals surface area contributed by atoms with Gasteiger partial charge in [0, 0.05) is 23.5 Å². The maximum atomic E-state index is 13.2. The molecule has 2 aliphatic carbocycles. The van der Waals surface area contributed by atoms with Gasteiger partial charge in [-0.3, -0.25) is 0 Å². The lowest BCUT2D eigenvalue weighted by Gasteiger charge is -2.13. The number of fused-ring (bicyclic) bond motifs is 5. The summed E-state index contributed by atoms with van der Waals surface area (Å²) in [5.74, 6) is 0.129. The van der Waals surface area contributed by atoms with Crippen molar-refractivity contribution in [3.63, 3.8) is 0 Å². The predicted octanol–water partition coefficient (Wildman–Crippen LogP) is 4.78. The van der Waals surface area contributed by atoms with Crippen molar-refractivity contribution in [1.29, 1.82) is 0 Å². The highest BCUT2D eigenvalue weighted by Crippen LogP contribution is 2.58. The largest absolute Gasteiger partial charge is 0.354 e. The Hall–Kier alpha value is -2.56. The summed E-state index contributed by atoms with van der Waals surface area (Å²) in [6, 6.07) is 6.28. The van der Waals surface area contributed by atoms with Crippen molar-refractivity contribution in [2.45, 2.75) is 31.1 Å². The summed E-state index contributed by atoms with van der Waals surface area (Å²) in [4.78, 5) is 11.1. The van der Waals surface area contributed by atoms with Crippen LogP contribution in [0.4, 0.5) is 8.78 Å². The fraction of sp³-hybridized carbons (Fsp3) is 0.263. The molecule has 0 amide bonds. The molecule has 2 atom stereocenters. The molecule has 1 saturated carbocycles. The SMILES string of the molecule is Fc1ccc(-c2[nH]c(-c3ccc(F)nc3)c3c2C2CCC3C2)cn1. The van der Waals surface area contributed by atoms with E-state index in [0.717, 1.165) is 22.5 Å². The zero-order chi connectivity index (χ0) is 16.3. The minimum atomic E-state index is -0.480. The number of rotatable bonds is 2. The van der Waals surface area contributed by atoms with Gasteiger partial charge >= 0.3 is 0 Å². The van der Waals surface area contributed by atoms with Crippen LogP contribution in [0.5, 0.6) is 0 Å². The average molecular weight is 323 g/mol. The van der Waals surface area contributed by atoms with Gasteiger partial charge in [0.1, 0.15) is 0 Å². The second-order valence-corrected chi connectivity index (χ2v) is 6.65. The van der Waals surface area contributed by atoms with Crippen molar-refractivity contribution in [2.75, 3.05) is 0 Å². The van der Waals surface area contributed by atoms with E-state index < -0.39 is 11.9 Å². The fourth-order valence-electron chi connectivity index (χ4n) is 4.39. The van der Waals surface area contributed by atoms with Gasteiger partial charge in [0.15, 0.2) is 0 Å². The van der Waals surface area contributed by atoms with Crippen molar-refractivity contribution in [3.8, 4) is 22.5 Å². The average Bonchev–Trinajstić information content (AvgIpc) is 3.28. The van der Waals surface area contributed by atoms with Gasteiger partial charge in [-0.05, 0) is 66.5 Å². The smallest absolute Gasteiger partial charge is 0.212 e. The predicted molar refractivity (Wildman–Crippen MR) is 86.5 cm³/mol. The van der Waals surface area contributed by atoms with Crippen LogP contribution in [0.3, 0.4) is 0 Å². The fourth-order valence-corrected chi connectivity index (χ4v) is 4.39. The Morgan fingerprint density at radius 2 is 1.29 bits per heavy atom. The zero-order valence-electron chi connectivity index (χ0n) is 12.9. The van der Waals surface area contributed by atoms with E-state index in [2.05, 4.69) is 15.0 Å². The first-order chi connectivity index (χ1) is 11.7. The lowest BCUT2D eigenvalue weighted by atomic mass is 9.90. The molecular formula is C19H15F2N3. The molecule has 0 radical (unpaired) electrons. The van der Waals surface area contributed by atoms with Crippen LogP contribution in [-0.4, -0.2) is 15.0 Å². The van der Waals surface area contributed by atoms with Crippen LogP contribution in [-0.2, 0) is 0 Å². The van der Waals surface area contributed by atoms with Gasteiger partial charge in [-0.1, -0.05) is 0 Å². The van der Waals surface area contributed by atoms with Gasteiger partial charge in [0.05, 0.1) is 11.4 Å². The number of pyridine rings is 2. The standard InChI is InChI=1S/C19H15F2N3/c20-14-5-3-12(8-22-14)18-16-10-1-2-11(7-10)17(16)19(24-18)13-4-6-15(21)23-9-13/h3-6,8-11,24H,1-2,7H2. The Kier molecular flexibility index (Phi) is 2.86. The quantitative estimate of drug-likeness (QED) is 0.689. The van der Waals surface area contributed by atoms with Crippen molar-refractivity contribution in [2.24, 2.45) is 0 Å². The highest BCUT2D eigenvalue weighted by Gasteiger charge is 2.42. The summed E-state index contributed by atoms with van der Waals surface area (Å²) >= 11 is 0. The summed E-state index contributed by atoms with van der Waals surface area (Å²) in [5, 5.41) is 0. The van der Waals surface area contributed by atoms with E-state index in [-0.39, 0.29) is 0 Å². The number of hydrogen-bond acceptors (Lipinski definition) is 2. The molecule has 0 saturated heterocycles. The number of H-pyrrole nitrogens is 1. The normalized spacial score (nSPS) is 21.2. The van der Waals surface area contributed by atoms with Gasteiger partial charge in [-0.15, -0.1) is 0 Å². The minimum Gasteiger partial charge on any atom is -0.354 e. The van der Waals surface area contributed by atoms with Crippen LogP contribution in [0.25, 0.3) is 22.5 Å². The van der Waals surface area contributed by atoms with E-state index >= 15 is 0 Å². The third-order valence-electron chi connectivity index (χ3n) is 5.36. The van der Waals surface area contributed by atoms with Crippen LogP contribution in [0.1, 0.15) is 42.2 Å². The summed E-state index contributed by atoms with van der Waals surface area (Å²) in [6.45, 7) is 0. The number of halogens is 2. The molecule has 3 heterocycles. The molecule has 5 heteroatoms. The first kappa shape index (κ1) is 13.8. The van der Waals surface area contributed by atoms with E-state index in [4.69, 9.17) is 0 Å². The summed E-state index contributed by atoms with van der Waals surface area (Å²) < 4.78 is 26.3. The molecule has 0 spiro atoms. The van der Waals surface area contributed by atoms with Crippen molar-refractivity contribution in [1.82, 2.24) is 15.0 Å². The van der Waals surface area contributed by atoms with Crippen molar-refractivity contribution >= 4 is 0 Å². The van der Waals surface area contributed by atoms with E-state index in [1.165, 1.54) is 42.5 Å². The molecule has 3 aromatic rings. The summed E-state index contributed by atoms with van der Waals surface area (Å²) in [7, 11) is 0. The molecule has 24 heavy (non-hydrogen) atoms. The van der Waals surface area contributed by atoms with Gasteiger partial charge in [-0.2, -0.15) is 8.78 Å². The third kappa shape index (κ3) is 1.94. The summed E-state index contributed by atoms with van der Waals surface area (Å²) in [6.07, 6.45) is 6.69. The van der Waals surface area contributed by atoms with Crippen molar-refractivity contribution < 1.29 is 8.78 Å². The molecule has 120 valence electrons. The lowest BCUT2D eigenvalue weighted by molar-refractivity contribution is 0.583. The Balaban J connectivity index is 1.72. The van der Waals surface area contributed by atoms with Crippen molar-refractivity contribution in [3.05, 3.63) is 59.7 Å². The van der Waals surface area contributed by atoms with Crippen LogP contribution in [0, 0.1) is 11.9 Å². The van der Waals surface area contributed by atoms with Gasteiger partial charge < -0.3 is 4.98 Å². The maximum Gasteiger partial charge on any atom is 0.212 e. The van der Waals surface area contributed by atoms with Gasteiger partial charge in [0.2, 0.25) is 11.9 Å². The molecule has 0 aliphatic heterocycles. The highest BCUT2D eigenvalue weighted by molar-refractivity contribution is 5.78. The molecular weight excluding hydrogens is 308 g/mol. The number of aromatic amines is 1. The third-order valence-corrected chi connectivity index (χ3v) is 5.36. The van der Waals surface area contributed by atoms with Crippen LogP contribution < -0.4 is 0 Å². The maximum absolute atomic E-state index is 13.2. The lowest BCUT2D eigenvalue weighted by Crippen LogP contribution is -1.97. The zero-order valence-corrected chi connectivity index (χ0v) is 12.9. The first-order valence-electron chi connectivity index (χ1n) is 8.20. The minimum absolute atomic E-state index is 0.480. The van der Waals surface area contributed by atoms with E-state index in [1.54, 1.807) is 24.5 Å². The number of aromatic nitrogens is 3. The molecule has 2 aliphatic rings. The van der Waals surface area contributed by atoms with Gasteiger partial charge in [-0.25, -0.2) is 9.97 Å². The summed E-state index contributed by atoms with van der Waals surface area (Å²) in [5.41, 5.74) is 6.48. The van der Waals surface area contributed by atoms with Gasteiger partial charge in [0.25, 0.3) is 0 Å². The number of nitrogens with one attached hydrogen (secondary N) is 1. The van der Waals surface area contributed by atoms with E-state index in [9.17, 15) is 8.78 Å². The second kappa shape index (κ2) is 4.97. The Bertz CT molecular complexity index is 839. The molecule has 1 N–H and O–H groups in total. The molecule has 1 fully saturated rings. The van der Waals surface area contributed by atoms with Crippen LogP contribution in [0.2, 0.25) is 0 Å². The van der Waals surface area contributed by atoms with Crippen LogP contribution in [0.15, 0.2) is 36.7 Å². The highest BCUT2D eigenvalue weighted by atomic mass is 19.1.